The number of rotatable bonds is 3. The van der Waals surface area contributed by atoms with Crippen LogP contribution in [0, 0.1) is 0 Å². The van der Waals surface area contributed by atoms with E-state index < -0.39 is 8.07 Å². The monoisotopic (exact) mass is 351 g/mol. The molecule has 25 heavy (non-hydrogen) atoms. The van der Waals surface area contributed by atoms with Crippen molar-refractivity contribution in [1.29, 1.82) is 0 Å². The summed E-state index contributed by atoms with van der Waals surface area (Å²) in [5.74, 6) is 1.22. The molecule has 0 unspecified atom stereocenters. The van der Waals surface area contributed by atoms with Gasteiger partial charge in [-0.1, -0.05) is 60.7 Å². The van der Waals surface area contributed by atoms with Crippen LogP contribution in [0.1, 0.15) is 26.7 Å². The number of nitrogens with zero attached hydrogens (tertiary/aromatic N) is 3. The molecule has 2 aliphatic rings. The highest BCUT2D eigenvalue weighted by Crippen LogP contribution is 2.43. The molecule has 0 bridgehead atoms. The van der Waals surface area contributed by atoms with Crippen molar-refractivity contribution in [2.24, 2.45) is 4.99 Å². The van der Waals surface area contributed by atoms with Gasteiger partial charge in [-0.25, -0.2) is 4.99 Å². The Hall–Kier alpha value is -1.86. The summed E-state index contributed by atoms with van der Waals surface area (Å²) in [6.07, 6.45) is 2.37. The van der Waals surface area contributed by atoms with Crippen LogP contribution in [0.5, 0.6) is 0 Å². The highest BCUT2D eigenvalue weighted by Gasteiger charge is 2.37. The molecule has 2 aromatic rings. The van der Waals surface area contributed by atoms with Crippen LogP contribution in [0.25, 0.3) is 0 Å². The molecule has 0 radical (unpaired) electrons. The average molecular weight is 351 g/mol. The van der Waals surface area contributed by atoms with Crippen LogP contribution < -0.4 is 10.6 Å². The van der Waals surface area contributed by atoms with Crippen LogP contribution in [0.3, 0.4) is 0 Å². The molecule has 0 amide bonds. The summed E-state index contributed by atoms with van der Waals surface area (Å²) in [7, 11) is -0.610. The second kappa shape index (κ2) is 7.17. The second-order valence-corrected chi connectivity index (χ2v) is 9.11. The molecule has 0 aliphatic carbocycles. The lowest BCUT2D eigenvalue weighted by molar-refractivity contribution is 0.253. The van der Waals surface area contributed by atoms with Gasteiger partial charge in [0, 0.05) is 29.7 Å². The number of guanidine groups is 1. The predicted molar refractivity (Wildman–Crippen MR) is 108 cm³/mol. The van der Waals surface area contributed by atoms with Crippen molar-refractivity contribution < 1.29 is 0 Å². The Balaban J connectivity index is 1.82. The minimum Gasteiger partial charge on any atom is -0.342 e. The maximum absolute atomic E-state index is 5.09. The summed E-state index contributed by atoms with van der Waals surface area (Å²) in [6.45, 7) is 6.88. The summed E-state index contributed by atoms with van der Waals surface area (Å²) in [4.78, 5) is 7.59. The molecule has 0 aromatic heterocycles. The standard InChI is InChI=1S/C21H26N3P/c1-17-13-15-23-16-14-18(2)24(21(23)22-17)25(19-9-5-3-6-10-19)20-11-7-4-8-12-20/h3-12,17-18H,13-16H2,1-2H3/t17-,18-/m0/s1. The Morgan fingerprint density at radius 2 is 1.40 bits per heavy atom. The Morgan fingerprint density at radius 3 is 2.00 bits per heavy atom. The van der Waals surface area contributed by atoms with E-state index in [4.69, 9.17) is 4.99 Å². The highest BCUT2D eigenvalue weighted by molar-refractivity contribution is 7.71. The molecule has 2 aromatic carbocycles. The maximum atomic E-state index is 5.09. The van der Waals surface area contributed by atoms with E-state index in [1.54, 1.807) is 0 Å². The average Bonchev–Trinajstić information content (AvgIpc) is 2.66. The van der Waals surface area contributed by atoms with Gasteiger partial charge in [0.1, 0.15) is 0 Å². The topological polar surface area (TPSA) is 18.8 Å². The van der Waals surface area contributed by atoms with E-state index in [1.165, 1.54) is 29.4 Å². The van der Waals surface area contributed by atoms with E-state index in [9.17, 15) is 0 Å². The van der Waals surface area contributed by atoms with Crippen LogP contribution in [-0.4, -0.2) is 40.7 Å². The van der Waals surface area contributed by atoms with Crippen LogP contribution >= 0.6 is 8.07 Å². The molecule has 0 N–H and O–H groups in total. The predicted octanol–water partition coefficient (Wildman–Crippen LogP) is 3.58. The Labute approximate surface area is 152 Å². The normalized spacial score (nSPS) is 23.4. The first kappa shape index (κ1) is 16.6. The minimum atomic E-state index is -0.610. The van der Waals surface area contributed by atoms with Gasteiger partial charge in [-0.05, 0) is 26.7 Å². The summed E-state index contributed by atoms with van der Waals surface area (Å²) < 4.78 is 2.62. The van der Waals surface area contributed by atoms with Gasteiger partial charge in [0.2, 0.25) is 5.96 Å². The van der Waals surface area contributed by atoms with Crippen molar-refractivity contribution in [2.45, 2.75) is 38.8 Å². The van der Waals surface area contributed by atoms with Gasteiger partial charge in [-0.15, -0.1) is 0 Å². The van der Waals surface area contributed by atoms with Gasteiger partial charge in [0.25, 0.3) is 0 Å². The van der Waals surface area contributed by atoms with Crippen LogP contribution in [0.2, 0.25) is 0 Å². The first-order chi connectivity index (χ1) is 12.2. The molecule has 1 fully saturated rings. The van der Waals surface area contributed by atoms with E-state index in [2.05, 4.69) is 84.1 Å². The first-order valence-corrected chi connectivity index (χ1v) is 10.6. The third-order valence-corrected chi connectivity index (χ3v) is 7.67. The molecule has 130 valence electrons. The van der Waals surface area contributed by atoms with Crippen molar-refractivity contribution >= 4 is 24.6 Å². The van der Waals surface area contributed by atoms with Gasteiger partial charge < -0.3 is 9.57 Å². The zero-order valence-corrected chi connectivity index (χ0v) is 15.9. The molecule has 4 heteroatoms. The molecule has 0 saturated carbocycles. The molecular formula is C21H26N3P. The molecule has 2 atom stereocenters. The molecule has 4 rings (SSSR count). The fraction of sp³-hybridized carbons (Fsp3) is 0.381. The van der Waals surface area contributed by atoms with Crippen LogP contribution in [0.4, 0.5) is 0 Å². The fourth-order valence-corrected chi connectivity index (χ4v) is 6.26. The van der Waals surface area contributed by atoms with E-state index in [1.807, 2.05) is 0 Å². The fourth-order valence-electron chi connectivity index (χ4n) is 3.69. The molecule has 3 nitrogen and oxygen atoms in total. The van der Waals surface area contributed by atoms with Gasteiger partial charge in [0.15, 0.2) is 0 Å². The number of benzene rings is 2. The quantitative estimate of drug-likeness (QED) is 0.787. The van der Waals surface area contributed by atoms with Crippen molar-refractivity contribution in [2.75, 3.05) is 13.1 Å². The minimum absolute atomic E-state index is 0.419. The number of hydrogen-bond donors (Lipinski definition) is 0. The Kier molecular flexibility index (Phi) is 4.76. The first-order valence-electron chi connectivity index (χ1n) is 9.26. The SMILES string of the molecule is C[C@H]1CCN2CC[C@H](C)N(P(c3ccccc3)c3ccccc3)C2=N1. The maximum Gasteiger partial charge on any atom is 0.200 e. The van der Waals surface area contributed by atoms with Crippen molar-refractivity contribution in [1.82, 2.24) is 9.57 Å². The molecule has 0 spiro atoms. The highest BCUT2D eigenvalue weighted by atomic mass is 31.1. The van der Waals surface area contributed by atoms with Crippen molar-refractivity contribution in [3.8, 4) is 0 Å². The third-order valence-electron chi connectivity index (χ3n) is 5.09. The Bertz CT molecular complexity index is 692. The molecule has 2 heterocycles. The van der Waals surface area contributed by atoms with Crippen LogP contribution in [-0.2, 0) is 0 Å². The van der Waals surface area contributed by atoms with Crippen molar-refractivity contribution in [3.63, 3.8) is 0 Å². The molecule has 1 saturated heterocycles. The molecule has 2 aliphatic heterocycles. The zero-order valence-electron chi connectivity index (χ0n) is 15.0. The summed E-state index contributed by atoms with van der Waals surface area (Å²) >= 11 is 0. The lowest BCUT2D eigenvalue weighted by Crippen LogP contribution is -2.56. The smallest absolute Gasteiger partial charge is 0.200 e. The van der Waals surface area contributed by atoms with Crippen LogP contribution in [0.15, 0.2) is 65.7 Å². The Morgan fingerprint density at radius 1 is 0.840 bits per heavy atom. The van der Waals surface area contributed by atoms with E-state index in [0.29, 0.717) is 12.1 Å². The summed E-state index contributed by atoms with van der Waals surface area (Å²) in [5, 5.41) is 2.80. The zero-order chi connectivity index (χ0) is 17.2. The lowest BCUT2D eigenvalue weighted by atomic mass is 10.1. The third kappa shape index (κ3) is 3.30. The van der Waals surface area contributed by atoms with Gasteiger partial charge >= 0.3 is 0 Å². The van der Waals surface area contributed by atoms with E-state index in [0.717, 1.165) is 13.1 Å². The second-order valence-electron chi connectivity index (χ2n) is 7.02. The van der Waals surface area contributed by atoms with Gasteiger partial charge in [0.05, 0.1) is 14.1 Å². The number of aliphatic imine (C=N–C) groups is 1. The van der Waals surface area contributed by atoms with E-state index in [-0.39, 0.29) is 0 Å². The van der Waals surface area contributed by atoms with Crippen molar-refractivity contribution in [3.05, 3.63) is 60.7 Å². The largest absolute Gasteiger partial charge is 0.342 e. The molecular weight excluding hydrogens is 325 g/mol. The lowest BCUT2D eigenvalue weighted by Gasteiger charge is -2.49. The van der Waals surface area contributed by atoms with Gasteiger partial charge in [-0.3, -0.25) is 0 Å². The number of hydrogen-bond acceptors (Lipinski definition) is 3. The van der Waals surface area contributed by atoms with Gasteiger partial charge in [-0.2, -0.15) is 0 Å². The number of fused-ring (bicyclic) bond motifs is 1. The summed E-state index contributed by atoms with van der Waals surface area (Å²) in [6, 6.07) is 22.9. The van der Waals surface area contributed by atoms with E-state index >= 15 is 0 Å². The summed E-state index contributed by atoms with van der Waals surface area (Å²) in [5.41, 5.74) is 0.